The van der Waals surface area contributed by atoms with E-state index in [-0.39, 0.29) is 5.75 Å². The van der Waals surface area contributed by atoms with Crippen LogP contribution >= 0.6 is 0 Å². The molecular weight excluding hydrogens is 270 g/mol. The van der Waals surface area contributed by atoms with Gasteiger partial charge < -0.3 is 9.84 Å². The van der Waals surface area contributed by atoms with E-state index < -0.39 is 17.6 Å². The Bertz CT molecular complexity index is 663. The van der Waals surface area contributed by atoms with Gasteiger partial charge in [0, 0.05) is 12.6 Å². The number of benzene rings is 1. The fourth-order valence-electron chi connectivity index (χ4n) is 1.95. The molecule has 5 nitrogen and oxygen atoms in total. The number of hydrogen-bond donors (Lipinski definition) is 1. The van der Waals surface area contributed by atoms with Crippen molar-refractivity contribution >= 4 is 5.97 Å². The topological polar surface area (TPSA) is 68.5 Å². The molecule has 1 aromatic carbocycles. The van der Waals surface area contributed by atoms with Gasteiger partial charge in [0.2, 0.25) is 0 Å². The normalized spacial score (nSPS) is 11.9. The number of aromatic nitrogens is 1. The molecule has 1 aromatic heterocycles. The maximum atomic E-state index is 12.1. The summed E-state index contributed by atoms with van der Waals surface area (Å²) in [4.78, 5) is 23.1. The Morgan fingerprint density at radius 1 is 1.24 bits per heavy atom. The third kappa shape index (κ3) is 3.72. The zero-order valence-electron chi connectivity index (χ0n) is 11.7. The first-order valence-electron chi connectivity index (χ1n) is 6.70. The van der Waals surface area contributed by atoms with E-state index in [1.807, 2.05) is 30.3 Å². The van der Waals surface area contributed by atoms with E-state index in [0.717, 1.165) is 10.1 Å². The molecule has 0 amide bonds. The fourth-order valence-corrected chi connectivity index (χ4v) is 1.95. The van der Waals surface area contributed by atoms with Gasteiger partial charge in [0.1, 0.15) is 6.04 Å². The van der Waals surface area contributed by atoms with Crippen LogP contribution in [0.2, 0.25) is 0 Å². The second-order valence-corrected chi connectivity index (χ2v) is 4.68. The molecule has 1 N–H and O–H groups in total. The van der Waals surface area contributed by atoms with Crippen LogP contribution in [0.25, 0.3) is 0 Å². The van der Waals surface area contributed by atoms with E-state index in [1.54, 1.807) is 12.1 Å². The second-order valence-electron chi connectivity index (χ2n) is 4.68. The van der Waals surface area contributed by atoms with Crippen molar-refractivity contribution in [1.82, 2.24) is 4.57 Å². The van der Waals surface area contributed by atoms with E-state index >= 15 is 0 Å². The van der Waals surface area contributed by atoms with Crippen LogP contribution in [0.5, 0.6) is 5.75 Å². The van der Waals surface area contributed by atoms with Crippen molar-refractivity contribution in [1.29, 1.82) is 0 Å². The number of hydrogen-bond acceptors (Lipinski definition) is 3. The summed E-state index contributed by atoms with van der Waals surface area (Å²) < 4.78 is 6.64. The van der Waals surface area contributed by atoms with Gasteiger partial charge in [0.15, 0.2) is 5.75 Å². The summed E-state index contributed by atoms with van der Waals surface area (Å²) in [5.74, 6) is -0.889. The zero-order valence-corrected chi connectivity index (χ0v) is 11.7. The average Bonchev–Trinajstić information content (AvgIpc) is 2.49. The molecule has 0 saturated heterocycles. The van der Waals surface area contributed by atoms with Gasteiger partial charge in [-0.25, -0.2) is 4.79 Å². The molecule has 0 radical (unpaired) electrons. The summed E-state index contributed by atoms with van der Waals surface area (Å²) in [6, 6.07) is 12.0. The minimum atomic E-state index is -1.06. The number of carboxylic acids is 1. The number of carbonyl (C=O) groups is 1. The largest absolute Gasteiger partial charge is 0.488 e. The van der Waals surface area contributed by atoms with Crippen LogP contribution in [0.3, 0.4) is 0 Å². The highest BCUT2D eigenvalue weighted by atomic mass is 16.5. The Labute approximate surface area is 122 Å². The molecule has 0 spiro atoms. The molecule has 21 heavy (non-hydrogen) atoms. The van der Waals surface area contributed by atoms with Gasteiger partial charge in [-0.15, -0.1) is 0 Å². The zero-order chi connectivity index (χ0) is 15.2. The van der Waals surface area contributed by atoms with Crippen LogP contribution in [0.1, 0.15) is 18.5 Å². The van der Waals surface area contributed by atoms with E-state index in [4.69, 9.17) is 9.84 Å². The molecule has 1 unspecified atom stereocenters. The van der Waals surface area contributed by atoms with Crippen molar-refractivity contribution in [2.45, 2.75) is 19.4 Å². The van der Waals surface area contributed by atoms with Crippen molar-refractivity contribution < 1.29 is 14.6 Å². The van der Waals surface area contributed by atoms with Crippen LogP contribution in [0.4, 0.5) is 0 Å². The van der Waals surface area contributed by atoms with Gasteiger partial charge >= 0.3 is 5.97 Å². The molecular formula is C16H17NO4. The lowest BCUT2D eigenvalue weighted by atomic mass is 10.2. The molecule has 2 rings (SSSR count). The van der Waals surface area contributed by atoms with Crippen molar-refractivity contribution in [3.63, 3.8) is 0 Å². The van der Waals surface area contributed by atoms with E-state index in [2.05, 4.69) is 0 Å². The SMILES string of the molecule is CC(C(=O)O)n1cccc(OCCc2ccccc2)c1=O. The number of aliphatic carboxylic acids is 1. The Morgan fingerprint density at radius 2 is 1.95 bits per heavy atom. The van der Waals surface area contributed by atoms with E-state index in [9.17, 15) is 9.59 Å². The molecule has 110 valence electrons. The molecule has 0 fully saturated rings. The van der Waals surface area contributed by atoms with Crippen LogP contribution in [-0.4, -0.2) is 22.2 Å². The van der Waals surface area contributed by atoms with Crippen molar-refractivity contribution in [3.05, 3.63) is 64.6 Å². The number of nitrogens with zero attached hydrogens (tertiary/aromatic N) is 1. The molecule has 5 heteroatoms. The molecule has 2 aromatic rings. The third-order valence-corrected chi connectivity index (χ3v) is 3.21. The molecule has 1 heterocycles. The monoisotopic (exact) mass is 287 g/mol. The molecule has 0 aliphatic heterocycles. The standard InChI is InChI=1S/C16H17NO4/c1-12(16(19)20)17-10-5-8-14(15(17)18)21-11-9-13-6-3-2-4-7-13/h2-8,10,12H,9,11H2,1H3,(H,19,20). The van der Waals surface area contributed by atoms with Crippen LogP contribution in [0, 0.1) is 0 Å². The Hall–Kier alpha value is -2.56. The van der Waals surface area contributed by atoms with E-state index in [1.165, 1.54) is 13.1 Å². The molecule has 1 atom stereocenters. The van der Waals surface area contributed by atoms with Crippen molar-refractivity contribution in [2.75, 3.05) is 6.61 Å². The predicted molar refractivity (Wildman–Crippen MR) is 78.7 cm³/mol. The van der Waals surface area contributed by atoms with Gasteiger partial charge in [-0.1, -0.05) is 30.3 Å². The maximum absolute atomic E-state index is 12.1. The number of pyridine rings is 1. The van der Waals surface area contributed by atoms with Gasteiger partial charge in [-0.2, -0.15) is 0 Å². The third-order valence-electron chi connectivity index (χ3n) is 3.21. The predicted octanol–water partition coefficient (Wildman–Crippen LogP) is 2.12. The molecule has 0 bridgehead atoms. The summed E-state index contributed by atoms with van der Waals surface area (Å²) in [5, 5.41) is 8.97. The summed E-state index contributed by atoms with van der Waals surface area (Å²) >= 11 is 0. The van der Waals surface area contributed by atoms with Crippen LogP contribution in [0.15, 0.2) is 53.5 Å². The van der Waals surface area contributed by atoms with Gasteiger partial charge in [0.05, 0.1) is 6.61 Å². The Balaban J connectivity index is 2.06. The molecule has 0 aliphatic carbocycles. The van der Waals surface area contributed by atoms with Gasteiger partial charge in [0.25, 0.3) is 5.56 Å². The van der Waals surface area contributed by atoms with E-state index in [0.29, 0.717) is 13.0 Å². The smallest absolute Gasteiger partial charge is 0.326 e. The Morgan fingerprint density at radius 3 is 2.62 bits per heavy atom. The van der Waals surface area contributed by atoms with Gasteiger partial charge in [-0.05, 0) is 24.6 Å². The highest BCUT2D eigenvalue weighted by Crippen LogP contribution is 2.08. The number of rotatable bonds is 6. The fraction of sp³-hybridized carbons (Fsp3) is 0.250. The Kier molecular flexibility index (Phi) is 4.77. The maximum Gasteiger partial charge on any atom is 0.326 e. The summed E-state index contributed by atoms with van der Waals surface area (Å²) in [5.41, 5.74) is 0.688. The van der Waals surface area contributed by atoms with Crippen molar-refractivity contribution in [3.8, 4) is 5.75 Å². The average molecular weight is 287 g/mol. The highest BCUT2D eigenvalue weighted by Gasteiger charge is 2.16. The number of ether oxygens (including phenoxy) is 1. The lowest BCUT2D eigenvalue weighted by Gasteiger charge is -2.12. The van der Waals surface area contributed by atoms with Gasteiger partial charge in [-0.3, -0.25) is 9.36 Å². The van der Waals surface area contributed by atoms with Crippen molar-refractivity contribution in [2.24, 2.45) is 0 Å². The second kappa shape index (κ2) is 6.74. The first kappa shape index (κ1) is 14.8. The highest BCUT2D eigenvalue weighted by molar-refractivity contribution is 5.71. The molecule has 0 aliphatic rings. The quantitative estimate of drug-likeness (QED) is 0.883. The first-order valence-corrected chi connectivity index (χ1v) is 6.70. The van der Waals surface area contributed by atoms with Crippen LogP contribution < -0.4 is 10.3 Å². The summed E-state index contributed by atoms with van der Waals surface area (Å²) in [6.07, 6.45) is 2.13. The lowest BCUT2D eigenvalue weighted by molar-refractivity contribution is -0.140. The summed E-state index contributed by atoms with van der Waals surface area (Å²) in [7, 11) is 0. The lowest BCUT2D eigenvalue weighted by Crippen LogP contribution is -2.28. The first-order chi connectivity index (χ1) is 10.1. The summed E-state index contributed by atoms with van der Waals surface area (Å²) in [6.45, 7) is 1.82. The minimum Gasteiger partial charge on any atom is -0.488 e. The minimum absolute atomic E-state index is 0.168. The van der Waals surface area contributed by atoms with Crippen LogP contribution in [-0.2, 0) is 11.2 Å². The number of carboxylic acid groups (broad SMARTS) is 1. The molecule has 0 saturated carbocycles.